The van der Waals surface area contributed by atoms with Crippen LogP contribution in [0.3, 0.4) is 0 Å². The molecular formula is C22H23N5O4. The van der Waals surface area contributed by atoms with E-state index in [0.29, 0.717) is 49.5 Å². The number of hydrogen-bond acceptors (Lipinski definition) is 8. The highest BCUT2D eigenvalue weighted by Gasteiger charge is 2.51. The van der Waals surface area contributed by atoms with Gasteiger partial charge in [0.15, 0.2) is 0 Å². The number of rotatable bonds is 4. The van der Waals surface area contributed by atoms with E-state index in [0.717, 1.165) is 18.4 Å². The van der Waals surface area contributed by atoms with Gasteiger partial charge in [-0.3, -0.25) is 9.78 Å². The summed E-state index contributed by atoms with van der Waals surface area (Å²) in [5, 5.41) is 8.62. The van der Waals surface area contributed by atoms with Crippen LogP contribution < -0.4 is 4.74 Å². The summed E-state index contributed by atoms with van der Waals surface area (Å²) in [7, 11) is 1.55. The predicted octanol–water partition coefficient (Wildman–Crippen LogP) is 2.57. The standard InChI is InChI=1S/C22H23N5O4/c1-29-18-3-2-16(12-24-18)21(28)27-13-17(22(14-27)6-10-30-11-7-22)20-26-25-19(31-20)15-4-8-23-9-5-15/h2-5,8-9,12,17H,6-7,10-11,13-14H2,1H3. The second kappa shape index (κ2) is 8.07. The Morgan fingerprint density at radius 3 is 2.68 bits per heavy atom. The quantitative estimate of drug-likeness (QED) is 0.633. The van der Waals surface area contributed by atoms with E-state index in [1.54, 1.807) is 37.8 Å². The highest BCUT2D eigenvalue weighted by molar-refractivity contribution is 5.94. The number of ether oxygens (including phenoxy) is 2. The summed E-state index contributed by atoms with van der Waals surface area (Å²) in [4.78, 5) is 23.3. The third-order valence-electron chi connectivity index (χ3n) is 6.28. The molecule has 5 rings (SSSR count). The Morgan fingerprint density at radius 2 is 1.97 bits per heavy atom. The summed E-state index contributed by atoms with van der Waals surface area (Å²) < 4.78 is 16.8. The van der Waals surface area contributed by atoms with Gasteiger partial charge >= 0.3 is 0 Å². The zero-order chi connectivity index (χ0) is 21.3. The first-order valence-corrected chi connectivity index (χ1v) is 10.3. The largest absolute Gasteiger partial charge is 0.481 e. The molecule has 0 N–H and O–H groups in total. The molecule has 5 heterocycles. The third kappa shape index (κ3) is 3.65. The molecular weight excluding hydrogens is 398 g/mol. The molecule has 3 aromatic rings. The van der Waals surface area contributed by atoms with E-state index in [9.17, 15) is 4.79 Å². The molecule has 2 aliphatic heterocycles. The summed E-state index contributed by atoms with van der Waals surface area (Å²) >= 11 is 0. The first-order chi connectivity index (χ1) is 15.2. The number of amides is 1. The Hall–Kier alpha value is -3.33. The van der Waals surface area contributed by atoms with Crippen LogP contribution in [-0.4, -0.2) is 64.4 Å². The molecule has 3 aromatic heterocycles. The molecule has 1 amide bonds. The van der Waals surface area contributed by atoms with Crippen LogP contribution in [0.1, 0.15) is 35.0 Å². The van der Waals surface area contributed by atoms with Crippen LogP contribution in [0.15, 0.2) is 47.3 Å². The van der Waals surface area contributed by atoms with Crippen molar-refractivity contribution in [3.8, 4) is 17.3 Å². The Balaban J connectivity index is 1.43. The summed E-state index contributed by atoms with van der Waals surface area (Å²) in [6, 6.07) is 7.11. The topological polar surface area (TPSA) is 103 Å². The Kier molecular flexibility index (Phi) is 5.11. The van der Waals surface area contributed by atoms with Crippen LogP contribution in [0, 0.1) is 5.41 Å². The zero-order valence-corrected chi connectivity index (χ0v) is 17.2. The fourth-order valence-corrected chi connectivity index (χ4v) is 4.54. The molecule has 2 fully saturated rings. The van der Waals surface area contributed by atoms with Crippen molar-refractivity contribution in [1.82, 2.24) is 25.1 Å². The van der Waals surface area contributed by atoms with Gasteiger partial charge in [-0.25, -0.2) is 4.98 Å². The van der Waals surface area contributed by atoms with Crippen LogP contribution >= 0.6 is 0 Å². The first kappa shape index (κ1) is 19.6. The lowest BCUT2D eigenvalue weighted by Gasteiger charge is -2.36. The number of pyridine rings is 2. The Bertz CT molecular complexity index is 1050. The van der Waals surface area contributed by atoms with Crippen LogP contribution in [-0.2, 0) is 4.74 Å². The number of nitrogens with zero attached hydrogens (tertiary/aromatic N) is 5. The minimum atomic E-state index is -0.143. The molecule has 9 nitrogen and oxygen atoms in total. The molecule has 1 unspecified atom stereocenters. The van der Waals surface area contributed by atoms with Gasteiger partial charge in [0.25, 0.3) is 5.91 Å². The second-order valence-corrected chi connectivity index (χ2v) is 7.98. The third-order valence-corrected chi connectivity index (χ3v) is 6.28. The van der Waals surface area contributed by atoms with E-state index in [1.807, 2.05) is 17.0 Å². The molecule has 0 aromatic carbocycles. The smallest absolute Gasteiger partial charge is 0.255 e. The van der Waals surface area contributed by atoms with Gasteiger partial charge in [0.2, 0.25) is 17.7 Å². The van der Waals surface area contributed by atoms with E-state index in [-0.39, 0.29) is 17.2 Å². The van der Waals surface area contributed by atoms with Gasteiger partial charge in [-0.1, -0.05) is 0 Å². The van der Waals surface area contributed by atoms with Gasteiger partial charge in [-0.15, -0.1) is 10.2 Å². The summed E-state index contributed by atoms with van der Waals surface area (Å²) in [5.41, 5.74) is 1.22. The van der Waals surface area contributed by atoms with E-state index >= 15 is 0 Å². The molecule has 160 valence electrons. The lowest BCUT2D eigenvalue weighted by atomic mass is 9.72. The van der Waals surface area contributed by atoms with Gasteiger partial charge in [0.05, 0.1) is 18.6 Å². The van der Waals surface area contributed by atoms with Crippen molar-refractivity contribution in [1.29, 1.82) is 0 Å². The van der Waals surface area contributed by atoms with Crippen molar-refractivity contribution in [2.45, 2.75) is 18.8 Å². The van der Waals surface area contributed by atoms with Crippen LogP contribution in [0.25, 0.3) is 11.5 Å². The SMILES string of the molecule is COc1ccc(C(=O)N2CC(c3nnc(-c4ccncc4)o3)C3(CCOCC3)C2)cn1. The van der Waals surface area contributed by atoms with Crippen molar-refractivity contribution in [3.63, 3.8) is 0 Å². The highest BCUT2D eigenvalue weighted by Crippen LogP contribution is 2.49. The highest BCUT2D eigenvalue weighted by atomic mass is 16.5. The molecule has 0 saturated carbocycles. The molecule has 0 radical (unpaired) electrons. The molecule has 9 heteroatoms. The molecule has 2 aliphatic rings. The van der Waals surface area contributed by atoms with Gasteiger partial charge < -0.3 is 18.8 Å². The monoisotopic (exact) mass is 421 g/mol. The fraction of sp³-hybridized carbons (Fsp3) is 0.409. The lowest BCUT2D eigenvalue weighted by molar-refractivity contribution is 0.00908. The molecule has 0 aliphatic carbocycles. The summed E-state index contributed by atoms with van der Waals surface area (Å²) in [6.07, 6.45) is 6.63. The number of carbonyl (C=O) groups is 1. The molecule has 31 heavy (non-hydrogen) atoms. The molecule has 1 atom stereocenters. The number of hydrogen-bond donors (Lipinski definition) is 0. The maximum Gasteiger partial charge on any atom is 0.255 e. The van der Waals surface area contributed by atoms with Crippen LogP contribution in [0.4, 0.5) is 0 Å². The van der Waals surface area contributed by atoms with Gasteiger partial charge in [0.1, 0.15) is 0 Å². The van der Waals surface area contributed by atoms with Gasteiger partial charge in [-0.05, 0) is 31.0 Å². The van der Waals surface area contributed by atoms with Gasteiger partial charge in [0, 0.05) is 61.9 Å². The number of carbonyl (C=O) groups excluding carboxylic acids is 1. The Morgan fingerprint density at radius 1 is 1.16 bits per heavy atom. The van der Waals surface area contributed by atoms with E-state index in [1.165, 1.54) is 0 Å². The normalized spacial score (nSPS) is 20.2. The minimum Gasteiger partial charge on any atom is -0.481 e. The van der Waals surface area contributed by atoms with Crippen LogP contribution in [0.2, 0.25) is 0 Å². The number of aromatic nitrogens is 4. The lowest BCUT2D eigenvalue weighted by Crippen LogP contribution is -2.37. The summed E-state index contributed by atoms with van der Waals surface area (Å²) in [6.45, 7) is 2.46. The second-order valence-electron chi connectivity index (χ2n) is 7.98. The number of methoxy groups -OCH3 is 1. The van der Waals surface area contributed by atoms with E-state index < -0.39 is 0 Å². The van der Waals surface area contributed by atoms with Crippen molar-refractivity contribution in [2.75, 3.05) is 33.4 Å². The van der Waals surface area contributed by atoms with Crippen molar-refractivity contribution >= 4 is 5.91 Å². The van der Waals surface area contributed by atoms with Crippen molar-refractivity contribution in [2.24, 2.45) is 5.41 Å². The predicted molar refractivity (Wildman–Crippen MR) is 109 cm³/mol. The molecule has 1 spiro atoms. The average Bonchev–Trinajstić information content (AvgIpc) is 3.45. The average molecular weight is 421 g/mol. The van der Waals surface area contributed by atoms with E-state index in [2.05, 4.69) is 20.2 Å². The van der Waals surface area contributed by atoms with Crippen molar-refractivity contribution < 1.29 is 18.7 Å². The molecule has 0 bridgehead atoms. The zero-order valence-electron chi connectivity index (χ0n) is 17.2. The first-order valence-electron chi connectivity index (χ1n) is 10.3. The van der Waals surface area contributed by atoms with Crippen LogP contribution in [0.5, 0.6) is 5.88 Å². The maximum atomic E-state index is 13.2. The summed E-state index contributed by atoms with van der Waals surface area (Å²) in [5.74, 6) is 1.40. The fourth-order valence-electron chi connectivity index (χ4n) is 4.54. The molecule has 2 saturated heterocycles. The maximum absolute atomic E-state index is 13.2. The minimum absolute atomic E-state index is 0.0466. The number of likely N-dealkylation sites (tertiary alicyclic amines) is 1. The van der Waals surface area contributed by atoms with Crippen molar-refractivity contribution in [3.05, 3.63) is 54.3 Å². The van der Waals surface area contributed by atoms with Gasteiger partial charge in [-0.2, -0.15) is 0 Å². The van der Waals surface area contributed by atoms with E-state index in [4.69, 9.17) is 13.9 Å². The Labute approximate surface area is 179 Å².